The predicted molar refractivity (Wildman–Crippen MR) is 90.8 cm³/mol. The lowest BCUT2D eigenvalue weighted by atomic mass is 10.2. The molecule has 0 saturated carbocycles. The molecule has 0 atom stereocenters. The van der Waals surface area contributed by atoms with Crippen molar-refractivity contribution in [3.8, 4) is 17.2 Å². The Kier molecular flexibility index (Phi) is 3.86. The lowest BCUT2D eigenvalue weighted by Gasteiger charge is -2.03. The number of nitrogens with two attached hydrogens (primary N) is 1. The third kappa shape index (κ3) is 2.52. The Morgan fingerprint density at radius 3 is 2.71 bits per heavy atom. The molecule has 3 rings (SSSR count). The van der Waals surface area contributed by atoms with Crippen LogP contribution in [0, 0.1) is 0 Å². The van der Waals surface area contributed by atoms with Gasteiger partial charge in [-0.05, 0) is 56.1 Å². The molecule has 2 aromatic carbocycles. The summed E-state index contributed by atoms with van der Waals surface area (Å²) in [7, 11) is 1.57. The molecule has 0 aliphatic rings. The van der Waals surface area contributed by atoms with E-state index in [9.17, 15) is 0 Å². The molecule has 0 amide bonds. The Morgan fingerprint density at radius 1 is 1.29 bits per heavy atom. The van der Waals surface area contributed by atoms with Crippen LogP contribution in [0.15, 0.2) is 37.6 Å². The molecule has 0 bridgehead atoms. The van der Waals surface area contributed by atoms with Gasteiger partial charge in [-0.1, -0.05) is 11.6 Å². The van der Waals surface area contributed by atoms with Gasteiger partial charge in [-0.15, -0.1) is 0 Å². The summed E-state index contributed by atoms with van der Waals surface area (Å²) < 4.78 is 12.3. The van der Waals surface area contributed by atoms with Crippen LogP contribution < -0.4 is 10.5 Å². The van der Waals surface area contributed by atoms with Crippen LogP contribution in [0.2, 0.25) is 5.02 Å². The fourth-order valence-electron chi connectivity index (χ4n) is 1.94. The molecule has 1 aromatic heterocycles. The lowest BCUT2D eigenvalue weighted by Crippen LogP contribution is -1.89. The van der Waals surface area contributed by atoms with Crippen LogP contribution in [0.25, 0.3) is 22.6 Å². The van der Waals surface area contributed by atoms with Crippen molar-refractivity contribution < 1.29 is 9.15 Å². The van der Waals surface area contributed by atoms with Gasteiger partial charge in [0.1, 0.15) is 11.3 Å². The Balaban J connectivity index is 2.17. The van der Waals surface area contributed by atoms with Gasteiger partial charge < -0.3 is 14.9 Å². The maximum Gasteiger partial charge on any atom is 0.227 e. The second-order valence-corrected chi connectivity index (χ2v) is 6.36. The van der Waals surface area contributed by atoms with Crippen LogP contribution in [0.5, 0.6) is 5.75 Å². The smallest absolute Gasteiger partial charge is 0.227 e. The van der Waals surface area contributed by atoms with E-state index in [1.165, 1.54) is 0 Å². The average molecular weight is 432 g/mol. The van der Waals surface area contributed by atoms with Gasteiger partial charge in [0.2, 0.25) is 5.89 Å². The summed E-state index contributed by atoms with van der Waals surface area (Å²) >= 11 is 12.9. The number of ether oxygens (including phenoxy) is 1. The van der Waals surface area contributed by atoms with Crippen LogP contribution in [-0.4, -0.2) is 12.1 Å². The van der Waals surface area contributed by atoms with Crippen molar-refractivity contribution in [3.63, 3.8) is 0 Å². The van der Waals surface area contributed by atoms with E-state index in [1.807, 2.05) is 6.07 Å². The van der Waals surface area contributed by atoms with Crippen LogP contribution in [0.1, 0.15) is 0 Å². The number of hydrogen-bond acceptors (Lipinski definition) is 4. The van der Waals surface area contributed by atoms with Crippen LogP contribution >= 0.6 is 43.5 Å². The highest BCUT2D eigenvalue weighted by Crippen LogP contribution is 2.38. The molecular formula is C14H9Br2ClN2O2. The van der Waals surface area contributed by atoms with Gasteiger partial charge in [0.05, 0.1) is 22.3 Å². The highest BCUT2D eigenvalue weighted by Gasteiger charge is 2.16. The first-order valence-electron chi connectivity index (χ1n) is 5.89. The summed E-state index contributed by atoms with van der Waals surface area (Å²) in [6, 6.07) is 7.14. The molecular weight excluding hydrogens is 423 g/mol. The SMILES string of the molecule is COc1ccc(-c2nc3c(Br)c(N)c(Br)cc3o2)cc1Cl. The van der Waals surface area contributed by atoms with Crippen molar-refractivity contribution in [1.82, 2.24) is 4.98 Å². The van der Waals surface area contributed by atoms with E-state index in [0.29, 0.717) is 37.9 Å². The van der Waals surface area contributed by atoms with Crippen molar-refractivity contribution in [2.24, 2.45) is 0 Å². The van der Waals surface area contributed by atoms with Gasteiger partial charge in [0.25, 0.3) is 0 Å². The fourth-order valence-corrected chi connectivity index (χ4v) is 3.36. The molecule has 0 fully saturated rings. The van der Waals surface area contributed by atoms with Gasteiger partial charge in [-0.25, -0.2) is 4.98 Å². The highest BCUT2D eigenvalue weighted by molar-refractivity contribution is 9.11. The number of halogens is 3. The third-order valence-electron chi connectivity index (χ3n) is 3.01. The van der Waals surface area contributed by atoms with Crippen molar-refractivity contribution in [1.29, 1.82) is 0 Å². The first-order chi connectivity index (χ1) is 10.0. The summed E-state index contributed by atoms with van der Waals surface area (Å²) in [5.41, 5.74) is 8.58. The maximum absolute atomic E-state index is 6.13. The number of aromatic nitrogens is 1. The van der Waals surface area contributed by atoms with Crippen LogP contribution in [0.4, 0.5) is 5.69 Å². The third-order valence-corrected chi connectivity index (χ3v) is 4.77. The quantitative estimate of drug-likeness (QED) is 0.561. The van der Waals surface area contributed by atoms with E-state index in [-0.39, 0.29) is 0 Å². The van der Waals surface area contributed by atoms with Gasteiger partial charge in [0.15, 0.2) is 5.58 Å². The van der Waals surface area contributed by atoms with Crippen molar-refractivity contribution in [2.75, 3.05) is 12.8 Å². The molecule has 0 aliphatic carbocycles. The Hall–Kier alpha value is -1.24. The summed E-state index contributed by atoms with van der Waals surface area (Å²) in [6.45, 7) is 0. The number of oxazole rings is 1. The molecule has 0 saturated heterocycles. The number of anilines is 1. The highest BCUT2D eigenvalue weighted by atomic mass is 79.9. The molecule has 3 aromatic rings. The second-order valence-electron chi connectivity index (χ2n) is 4.30. The monoisotopic (exact) mass is 430 g/mol. The number of hydrogen-bond donors (Lipinski definition) is 1. The molecule has 0 spiro atoms. The predicted octanol–water partition coefficient (Wildman–Crippen LogP) is 5.26. The Morgan fingerprint density at radius 2 is 2.05 bits per heavy atom. The second kappa shape index (κ2) is 5.51. The number of fused-ring (bicyclic) bond motifs is 1. The van der Waals surface area contributed by atoms with E-state index in [2.05, 4.69) is 36.8 Å². The maximum atomic E-state index is 6.13. The number of methoxy groups -OCH3 is 1. The summed E-state index contributed by atoms with van der Waals surface area (Å²) in [6.07, 6.45) is 0. The Bertz CT molecular complexity index is 849. The molecule has 7 heteroatoms. The van der Waals surface area contributed by atoms with Crippen molar-refractivity contribution in [2.45, 2.75) is 0 Å². The molecule has 0 radical (unpaired) electrons. The molecule has 1 heterocycles. The van der Waals surface area contributed by atoms with Crippen molar-refractivity contribution >= 4 is 60.2 Å². The summed E-state index contributed by atoms with van der Waals surface area (Å²) in [5.74, 6) is 1.07. The fraction of sp³-hybridized carbons (Fsp3) is 0.0714. The largest absolute Gasteiger partial charge is 0.495 e. The van der Waals surface area contributed by atoms with E-state index >= 15 is 0 Å². The zero-order valence-corrected chi connectivity index (χ0v) is 14.7. The minimum Gasteiger partial charge on any atom is -0.495 e. The molecule has 4 nitrogen and oxygen atoms in total. The number of rotatable bonds is 2. The van der Waals surface area contributed by atoms with Gasteiger partial charge >= 0.3 is 0 Å². The topological polar surface area (TPSA) is 61.3 Å². The standard InChI is InChI=1S/C14H9Br2ClN2O2/c1-20-9-3-2-6(4-8(9)17)14-19-13-10(21-14)5-7(15)12(18)11(13)16/h2-5H,18H2,1H3. The van der Waals surface area contributed by atoms with Gasteiger partial charge in [-0.3, -0.25) is 0 Å². The minimum atomic E-state index is 0.466. The zero-order valence-electron chi connectivity index (χ0n) is 10.8. The molecule has 0 aliphatic heterocycles. The molecule has 2 N–H and O–H groups in total. The molecule has 0 unspecified atom stereocenters. The first-order valence-corrected chi connectivity index (χ1v) is 7.85. The van der Waals surface area contributed by atoms with Crippen molar-refractivity contribution in [3.05, 3.63) is 38.2 Å². The van der Waals surface area contributed by atoms with Gasteiger partial charge in [0, 0.05) is 10.0 Å². The zero-order chi connectivity index (χ0) is 15.1. The summed E-state index contributed by atoms with van der Waals surface area (Å²) in [4.78, 5) is 4.47. The Labute approximate surface area is 142 Å². The number of nitrogens with zero attached hydrogens (tertiary/aromatic N) is 1. The molecule has 108 valence electrons. The lowest BCUT2D eigenvalue weighted by molar-refractivity contribution is 0.415. The first kappa shape index (κ1) is 14.7. The average Bonchev–Trinajstić information content (AvgIpc) is 2.89. The number of nitrogen functional groups attached to an aromatic ring is 1. The van der Waals surface area contributed by atoms with Crippen LogP contribution in [-0.2, 0) is 0 Å². The van der Waals surface area contributed by atoms with Gasteiger partial charge in [-0.2, -0.15) is 0 Å². The minimum absolute atomic E-state index is 0.466. The van der Waals surface area contributed by atoms with Crippen LogP contribution in [0.3, 0.4) is 0 Å². The van der Waals surface area contributed by atoms with E-state index in [4.69, 9.17) is 26.5 Å². The molecule has 21 heavy (non-hydrogen) atoms. The van der Waals surface area contributed by atoms with E-state index < -0.39 is 0 Å². The van der Waals surface area contributed by atoms with E-state index in [0.717, 1.165) is 10.0 Å². The van der Waals surface area contributed by atoms with E-state index in [1.54, 1.807) is 25.3 Å². The summed E-state index contributed by atoms with van der Waals surface area (Å²) in [5, 5.41) is 0.497. The number of benzene rings is 2. The normalized spacial score (nSPS) is 11.0.